The fourth-order valence-corrected chi connectivity index (χ4v) is 4.00. The first kappa shape index (κ1) is 15.0. The van der Waals surface area contributed by atoms with Gasteiger partial charge in [0, 0.05) is 22.6 Å². The summed E-state index contributed by atoms with van der Waals surface area (Å²) in [4.78, 5) is 14.7. The molecule has 1 amide bonds. The molecule has 3 nitrogen and oxygen atoms in total. The summed E-state index contributed by atoms with van der Waals surface area (Å²) < 4.78 is 14.5. The molecule has 0 aliphatic carbocycles. The van der Waals surface area contributed by atoms with E-state index in [-0.39, 0.29) is 17.5 Å². The SMILES string of the molecule is CN1C2CCCC1CC(NC(=O)c1ccc(Br)cc1F)C2. The number of fused-ring (bicyclic) bond motifs is 2. The van der Waals surface area contributed by atoms with Gasteiger partial charge in [0.25, 0.3) is 5.91 Å². The fraction of sp³-hybridized carbons (Fsp3) is 0.562. The van der Waals surface area contributed by atoms with Crippen LogP contribution in [0.2, 0.25) is 0 Å². The van der Waals surface area contributed by atoms with E-state index in [4.69, 9.17) is 0 Å². The van der Waals surface area contributed by atoms with Crippen molar-refractivity contribution in [3.05, 3.63) is 34.1 Å². The molecule has 5 heteroatoms. The number of halogens is 2. The van der Waals surface area contributed by atoms with Crippen molar-refractivity contribution < 1.29 is 9.18 Å². The first-order chi connectivity index (χ1) is 10.0. The average Bonchev–Trinajstić information content (AvgIpc) is 2.39. The molecule has 0 spiro atoms. The Labute approximate surface area is 133 Å². The minimum Gasteiger partial charge on any atom is -0.349 e. The molecule has 2 heterocycles. The minimum atomic E-state index is -0.477. The van der Waals surface area contributed by atoms with Crippen LogP contribution in [-0.4, -0.2) is 36.0 Å². The van der Waals surface area contributed by atoms with Crippen molar-refractivity contribution in [3.8, 4) is 0 Å². The highest BCUT2D eigenvalue weighted by Gasteiger charge is 2.36. The molecule has 2 aliphatic heterocycles. The van der Waals surface area contributed by atoms with Crippen LogP contribution in [0.15, 0.2) is 22.7 Å². The van der Waals surface area contributed by atoms with Crippen LogP contribution in [0.25, 0.3) is 0 Å². The van der Waals surface area contributed by atoms with E-state index in [9.17, 15) is 9.18 Å². The van der Waals surface area contributed by atoms with E-state index in [0.717, 1.165) is 12.8 Å². The van der Waals surface area contributed by atoms with E-state index in [1.807, 2.05) is 0 Å². The van der Waals surface area contributed by atoms with E-state index < -0.39 is 5.82 Å². The van der Waals surface area contributed by atoms with Gasteiger partial charge in [0.2, 0.25) is 0 Å². The maximum Gasteiger partial charge on any atom is 0.254 e. The van der Waals surface area contributed by atoms with Gasteiger partial charge in [0.05, 0.1) is 5.56 Å². The molecule has 0 saturated carbocycles. The molecule has 1 aromatic rings. The van der Waals surface area contributed by atoms with Crippen molar-refractivity contribution in [1.29, 1.82) is 0 Å². The monoisotopic (exact) mass is 354 g/mol. The number of hydrogen-bond donors (Lipinski definition) is 1. The number of nitrogens with zero attached hydrogens (tertiary/aromatic N) is 1. The maximum absolute atomic E-state index is 13.8. The molecule has 0 radical (unpaired) electrons. The molecular formula is C16H20BrFN2O. The molecule has 2 aliphatic rings. The predicted molar refractivity (Wildman–Crippen MR) is 83.8 cm³/mol. The number of hydrogen-bond acceptors (Lipinski definition) is 2. The molecule has 2 bridgehead atoms. The largest absolute Gasteiger partial charge is 0.349 e. The fourth-order valence-electron chi connectivity index (χ4n) is 3.67. The number of rotatable bonds is 2. The van der Waals surface area contributed by atoms with Crippen LogP contribution in [0.5, 0.6) is 0 Å². The lowest BCUT2D eigenvalue weighted by molar-refractivity contribution is 0.0462. The van der Waals surface area contributed by atoms with Gasteiger partial charge in [-0.3, -0.25) is 4.79 Å². The van der Waals surface area contributed by atoms with Gasteiger partial charge in [-0.15, -0.1) is 0 Å². The van der Waals surface area contributed by atoms with Crippen molar-refractivity contribution in [2.45, 2.75) is 50.2 Å². The van der Waals surface area contributed by atoms with Crippen molar-refractivity contribution in [2.24, 2.45) is 0 Å². The third-order valence-corrected chi connectivity index (χ3v) is 5.34. The van der Waals surface area contributed by atoms with Gasteiger partial charge >= 0.3 is 0 Å². The van der Waals surface area contributed by atoms with Crippen LogP contribution in [0.1, 0.15) is 42.5 Å². The Morgan fingerprint density at radius 2 is 2.00 bits per heavy atom. The average molecular weight is 355 g/mol. The number of carbonyl (C=O) groups is 1. The van der Waals surface area contributed by atoms with Crippen molar-refractivity contribution in [3.63, 3.8) is 0 Å². The van der Waals surface area contributed by atoms with Crippen LogP contribution in [0.3, 0.4) is 0 Å². The lowest BCUT2D eigenvalue weighted by Gasteiger charge is -2.47. The third kappa shape index (κ3) is 3.14. The number of benzene rings is 1. The van der Waals surface area contributed by atoms with E-state index >= 15 is 0 Å². The van der Waals surface area contributed by atoms with Crippen molar-refractivity contribution in [1.82, 2.24) is 10.2 Å². The first-order valence-electron chi connectivity index (χ1n) is 7.52. The highest BCUT2D eigenvalue weighted by molar-refractivity contribution is 9.10. The van der Waals surface area contributed by atoms with E-state index in [0.29, 0.717) is 16.6 Å². The molecule has 21 heavy (non-hydrogen) atoms. The molecule has 3 rings (SSSR count). The summed E-state index contributed by atoms with van der Waals surface area (Å²) in [6.45, 7) is 0. The number of amides is 1. The smallest absolute Gasteiger partial charge is 0.254 e. The second-order valence-corrected chi connectivity index (χ2v) is 7.09. The molecule has 1 aromatic carbocycles. The summed E-state index contributed by atoms with van der Waals surface area (Å²) in [6, 6.07) is 5.83. The zero-order valence-electron chi connectivity index (χ0n) is 12.1. The number of piperidine rings is 2. The number of carbonyl (C=O) groups excluding carboxylic acids is 1. The van der Waals surface area contributed by atoms with Crippen molar-refractivity contribution in [2.75, 3.05) is 7.05 Å². The Kier molecular flexibility index (Phi) is 4.31. The van der Waals surface area contributed by atoms with Crippen molar-refractivity contribution >= 4 is 21.8 Å². The second-order valence-electron chi connectivity index (χ2n) is 6.17. The summed E-state index contributed by atoms with van der Waals surface area (Å²) in [7, 11) is 2.18. The Balaban J connectivity index is 1.68. The summed E-state index contributed by atoms with van der Waals surface area (Å²) in [5.41, 5.74) is 0.127. The van der Waals surface area contributed by atoms with Gasteiger partial charge in [-0.2, -0.15) is 0 Å². The van der Waals surface area contributed by atoms with Gasteiger partial charge < -0.3 is 10.2 Å². The summed E-state index contributed by atoms with van der Waals surface area (Å²) in [5, 5.41) is 3.02. The zero-order valence-corrected chi connectivity index (χ0v) is 13.7. The van der Waals surface area contributed by atoms with Gasteiger partial charge in [0.15, 0.2) is 0 Å². The van der Waals surface area contributed by atoms with Gasteiger partial charge in [0.1, 0.15) is 5.82 Å². The topological polar surface area (TPSA) is 32.3 Å². The quantitative estimate of drug-likeness (QED) is 0.883. The van der Waals surface area contributed by atoms with Crippen LogP contribution in [-0.2, 0) is 0 Å². The molecule has 2 atom stereocenters. The molecule has 2 fully saturated rings. The lowest BCUT2D eigenvalue weighted by atomic mass is 9.82. The maximum atomic E-state index is 13.8. The zero-order chi connectivity index (χ0) is 15.0. The Hall–Kier alpha value is -0.940. The van der Waals surface area contributed by atoms with Gasteiger partial charge in [-0.25, -0.2) is 4.39 Å². The summed E-state index contributed by atoms with van der Waals surface area (Å²) >= 11 is 3.21. The Morgan fingerprint density at radius 1 is 1.33 bits per heavy atom. The normalized spacial score (nSPS) is 29.2. The molecule has 1 N–H and O–H groups in total. The minimum absolute atomic E-state index is 0.127. The molecular weight excluding hydrogens is 335 g/mol. The Bertz CT molecular complexity index is 537. The lowest BCUT2D eigenvalue weighted by Crippen LogP contribution is -2.55. The van der Waals surface area contributed by atoms with E-state index in [2.05, 4.69) is 33.2 Å². The van der Waals surface area contributed by atoms with E-state index in [1.165, 1.54) is 31.4 Å². The highest BCUT2D eigenvalue weighted by Crippen LogP contribution is 2.32. The summed E-state index contributed by atoms with van der Waals surface area (Å²) in [6.07, 6.45) is 5.62. The third-order valence-electron chi connectivity index (χ3n) is 4.85. The molecule has 2 saturated heterocycles. The van der Waals surface area contributed by atoms with Gasteiger partial charge in [-0.05, 0) is 50.9 Å². The first-order valence-corrected chi connectivity index (χ1v) is 8.31. The van der Waals surface area contributed by atoms with Crippen LogP contribution < -0.4 is 5.32 Å². The predicted octanol–water partition coefficient (Wildman–Crippen LogP) is 3.33. The van der Waals surface area contributed by atoms with Crippen LogP contribution >= 0.6 is 15.9 Å². The van der Waals surface area contributed by atoms with Crippen LogP contribution in [0, 0.1) is 5.82 Å². The van der Waals surface area contributed by atoms with Gasteiger partial charge in [-0.1, -0.05) is 22.4 Å². The second kappa shape index (κ2) is 6.05. The van der Waals surface area contributed by atoms with Crippen LogP contribution in [0.4, 0.5) is 4.39 Å². The summed E-state index contributed by atoms with van der Waals surface area (Å²) in [5.74, 6) is -0.775. The molecule has 0 aromatic heterocycles. The standard InChI is InChI=1S/C16H20BrFN2O/c1-20-12-3-2-4-13(20)9-11(8-12)19-16(21)14-6-5-10(17)7-15(14)18/h5-7,11-13H,2-4,8-9H2,1H3,(H,19,21). The number of nitrogens with one attached hydrogen (secondary N) is 1. The highest BCUT2D eigenvalue weighted by atomic mass is 79.9. The Morgan fingerprint density at radius 3 is 2.62 bits per heavy atom. The van der Waals surface area contributed by atoms with E-state index in [1.54, 1.807) is 6.07 Å². The molecule has 114 valence electrons. The molecule has 2 unspecified atom stereocenters.